The Balaban J connectivity index is 1.69. The minimum absolute atomic E-state index is 0.0262. The van der Waals surface area contributed by atoms with Crippen molar-refractivity contribution in [1.82, 2.24) is 4.90 Å². The summed E-state index contributed by atoms with van der Waals surface area (Å²) in [5.41, 5.74) is 4.32. The number of methoxy groups -OCH3 is 1. The molecule has 0 unspecified atom stereocenters. The highest BCUT2D eigenvalue weighted by atomic mass is 35.5. The first-order valence-corrected chi connectivity index (χ1v) is 11.7. The highest BCUT2D eigenvalue weighted by Crippen LogP contribution is 2.38. The van der Waals surface area contributed by atoms with E-state index in [4.69, 9.17) is 34.5 Å². The SMILES string of the molecule is [C-]#[N+]c1ccc([C@@H](COC)N2CCN(c3ccc(C#N)cc3Cl)[C@H](c3ccc(Cl)cc3)C2)cc1. The second-order valence-corrected chi connectivity index (χ2v) is 9.05. The molecule has 0 amide bonds. The Kier molecular flexibility index (Phi) is 7.73. The van der Waals surface area contributed by atoms with E-state index < -0.39 is 0 Å². The van der Waals surface area contributed by atoms with Crippen LogP contribution in [-0.2, 0) is 4.74 Å². The average molecular weight is 491 g/mol. The summed E-state index contributed by atoms with van der Waals surface area (Å²) in [4.78, 5) is 8.23. The zero-order valence-electron chi connectivity index (χ0n) is 18.8. The van der Waals surface area contributed by atoms with Gasteiger partial charge in [-0.2, -0.15) is 5.26 Å². The van der Waals surface area contributed by atoms with Crippen LogP contribution < -0.4 is 4.90 Å². The van der Waals surface area contributed by atoms with E-state index in [0.29, 0.717) is 27.9 Å². The van der Waals surface area contributed by atoms with Gasteiger partial charge >= 0.3 is 0 Å². The van der Waals surface area contributed by atoms with Crippen LogP contribution in [0, 0.1) is 17.9 Å². The largest absolute Gasteiger partial charge is 0.383 e. The molecule has 1 aliphatic rings. The van der Waals surface area contributed by atoms with Gasteiger partial charge in [-0.25, -0.2) is 4.85 Å². The van der Waals surface area contributed by atoms with Crippen molar-refractivity contribution in [2.75, 3.05) is 38.3 Å². The minimum Gasteiger partial charge on any atom is -0.383 e. The summed E-state index contributed by atoms with van der Waals surface area (Å²) in [5, 5.41) is 10.5. The quantitative estimate of drug-likeness (QED) is 0.362. The second-order valence-electron chi connectivity index (χ2n) is 8.21. The maximum Gasteiger partial charge on any atom is 0.187 e. The first kappa shape index (κ1) is 24.1. The number of hydrogen-bond donors (Lipinski definition) is 0. The topological polar surface area (TPSA) is 43.9 Å². The van der Waals surface area contributed by atoms with E-state index in [9.17, 15) is 5.26 Å². The van der Waals surface area contributed by atoms with Gasteiger partial charge in [-0.05, 0) is 41.5 Å². The molecule has 34 heavy (non-hydrogen) atoms. The third-order valence-electron chi connectivity index (χ3n) is 6.23. The van der Waals surface area contributed by atoms with E-state index in [2.05, 4.69) is 32.8 Å². The number of ether oxygens (including phenoxy) is 1. The zero-order chi connectivity index (χ0) is 24.1. The molecule has 0 N–H and O–H groups in total. The van der Waals surface area contributed by atoms with E-state index in [1.54, 1.807) is 19.2 Å². The summed E-state index contributed by atoms with van der Waals surface area (Å²) in [5.74, 6) is 0. The summed E-state index contributed by atoms with van der Waals surface area (Å²) < 4.78 is 5.60. The van der Waals surface area contributed by atoms with Crippen molar-refractivity contribution in [1.29, 1.82) is 5.26 Å². The molecule has 5 nitrogen and oxygen atoms in total. The van der Waals surface area contributed by atoms with E-state index >= 15 is 0 Å². The number of nitrogens with zero attached hydrogens (tertiary/aromatic N) is 4. The van der Waals surface area contributed by atoms with Gasteiger partial charge in [0, 0.05) is 31.8 Å². The van der Waals surface area contributed by atoms with Crippen molar-refractivity contribution >= 4 is 34.6 Å². The molecule has 4 rings (SSSR count). The van der Waals surface area contributed by atoms with Gasteiger partial charge in [0.15, 0.2) is 5.69 Å². The standard InChI is InChI=1S/C27H24Cl2N4O/c1-31-23-10-6-21(7-11-23)27(18-34-2)32-13-14-33(25-12-3-19(16-30)15-24(25)29)26(17-32)20-4-8-22(28)9-5-20/h3-12,15,26-27H,13-14,17-18H2,2H3/t26-,27+/m0/s1. The van der Waals surface area contributed by atoms with Gasteiger partial charge in [0.25, 0.3) is 0 Å². The van der Waals surface area contributed by atoms with Crippen LogP contribution in [-0.4, -0.2) is 38.3 Å². The lowest BCUT2D eigenvalue weighted by molar-refractivity contribution is 0.0758. The van der Waals surface area contributed by atoms with Crippen LogP contribution in [0.2, 0.25) is 10.0 Å². The van der Waals surface area contributed by atoms with Crippen LogP contribution in [0.15, 0.2) is 66.7 Å². The molecule has 1 aliphatic heterocycles. The minimum atomic E-state index is 0.0262. The maximum atomic E-state index is 9.24. The Morgan fingerprint density at radius 2 is 1.82 bits per heavy atom. The Labute approximate surface area is 210 Å². The molecular formula is C27H24Cl2N4O. The third-order valence-corrected chi connectivity index (χ3v) is 6.78. The Hall–Kier alpha value is -3.06. The van der Waals surface area contributed by atoms with Crippen LogP contribution in [0.5, 0.6) is 0 Å². The predicted molar refractivity (Wildman–Crippen MR) is 137 cm³/mol. The van der Waals surface area contributed by atoms with Crippen molar-refractivity contribution < 1.29 is 4.74 Å². The molecule has 1 saturated heterocycles. The number of hydrogen-bond acceptors (Lipinski definition) is 4. The first-order valence-electron chi connectivity index (χ1n) is 11.0. The van der Waals surface area contributed by atoms with Crippen molar-refractivity contribution in [3.05, 3.63) is 105 Å². The van der Waals surface area contributed by atoms with Gasteiger partial charge in [-0.15, -0.1) is 0 Å². The third kappa shape index (κ3) is 5.20. The van der Waals surface area contributed by atoms with Gasteiger partial charge in [0.05, 0.1) is 47.6 Å². The van der Waals surface area contributed by atoms with Crippen molar-refractivity contribution in [2.45, 2.75) is 12.1 Å². The number of anilines is 1. The summed E-state index contributed by atoms with van der Waals surface area (Å²) in [6, 6.07) is 23.3. The lowest BCUT2D eigenvalue weighted by Gasteiger charge is -2.46. The molecule has 3 aromatic rings. The molecule has 0 aliphatic carbocycles. The maximum absolute atomic E-state index is 9.24. The van der Waals surface area contributed by atoms with E-state index in [-0.39, 0.29) is 12.1 Å². The van der Waals surface area contributed by atoms with E-state index in [1.165, 1.54) is 0 Å². The molecule has 0 radical (unpaired) electrons. The Morgan fingerprint density at radius 3 is 2.44 bits per heavy atom. The fourth-order valence-corrected chi connectivity index (χ4v) is 4.91. The molecule has 2 atom stereocenters. The molecule has 7 heteroatoms. The molecule has 0 saturated carbocycles. The molecule has 1 fully saturated rings. The lowest BCUT2D eigenvalue weighted by atomic mass is 9.97. The average Bonchev–Trinajstić information content (AvgIpc) is 2.87. The van der Waals surface area contributed by atoms with Gasteiger partial charge < -0.3 is 9.64 Å². The number of benzene rings is 3. The van der Waals surface area contributed by atoms with E-state index in [1.807, 2.05) is 42.5 Å². The highest BCUT2D eigenvalue weighted by molar-refractivity contribution is 6.33. The zero-order valence-corrected chi connectivity index (χ0v) is 20.3. The van der Waals surface area contributed by atoms with Gasteiger partial charge in [-0.1, -0.05) is 59.6 Å². The van der Waals surface area contributed by atoms with Crippen LogP contribution in [0.1, 0.15) is 28.8 Å². The Bertz CT molecular complexity index is 1220. The fourth-order valence-electron chi connectivity index (χ4n) is 4.50. The van der Waals surface area contributed by atoms with Gasteiger partial charge in [0.1, 0.15) is 0 Å². The molecule has 3 aromatic carbocycles. The van der Waals surface area contributed by atoms with Crippen LogP contribution in [0.25, 0.3) is 4.85 Å². The highest BCUT2D eigenvalue weighted by Gasteiger charge is 2.33. The summed E-state index contributed by atoms with van der Waals surface area (Å²) >= 11 is 12.8. The van der Waals surface area contributed by atoms with Gasteiger partial charge in [-0.3, -0.25) is 4.90 Å². The number of piperazine rings is 1. The number of nitriles is 1. The second kappa shape index (κ2) is 10.9. The van der Waals surface area contributed by atoms with Gasteiger partial charge in [0.2, 0.25) is 0 Å². The first-order chi connectivity index (χ1) is 16.5. The smallest absolute Gasteiger partial charge is 0.187 e. The van der Waals surface area contributed by atoms with Crippen molar-refractivity contribution in [3.63, 3.8) is 0 Å². The van der Waals surface area contributed by atoms with E-state index in [0.717, 1.165) is 36.4 Å². The van der Waals surface area contributed by atoms with Crippen LogP contribution in [0.4, 0.5) is 11.4 Å². The summed E-state index contributed by atoms with van der Waals surface area (Å²) in [6.07, 6.45) is 0. The molecule has 172 valence electrons. The monoisotopic (exact) mass is 490 g/mol. The van der Waals surface area contributed by atoms with Crippen molar-refractivity contribution in [2.24, 2.45) is 0 Å². The molecular weight excluding hydrogens is 467 g/mol. The Morgan fingerprint density at radius 1 is 1.09 bits per heavy atom. The summed E-state index contributed by atoms with van der Waals surface area (Å²) in [7, 11) is 1.71. The predicted octanol–water partition coefficient (Wildman–Crippen LogP) is 6.67. The fraction of sp³-hybridized carbons (Fsp3) is 0.259. The lowest BCUT2D eigenvalue weighted by Crippen LogP contribution is -2.50. The molecule has 0 aromatic heterocycles. The number of halogens is 2. The molecule has 0 spiro atoms. The molecule has 0 bridgehead atoms. The normalized spacial score (nSPS) is 17.1. The van der Waals surface area contributed by atoms with Crippen molar-refractivity contribution in [3.8, 4) is 6.07 Å². The van der Waals surface area contributed by atoms with Crippen LogP contribution >= 0.6 is 23.2 Å². The number of rotatable bonds is 6. The van der Waals surface area contributed by atoms with Crippen LogP contribution in [0.3, 0.4) is 0 Å². The summed E-state index contributed by atoms with van der Waals surface area (Å²) in [6.45, 7) is 10.1. The molecule has 1 heterocycles.